The molecule has 2 heterocycles. The number of ether oxygens (including phenoxy) is 2. The number of methoxy groups -OCH3 is 2. The minimum absolute atomic E-state index is 0.0147. The van der Waals surface area contributed by atoms with Crippen molar-refractivity contribution in [2.45, 2.75) is 13.8 Å². The lowest BCUT2D eigenvalue weighted by Crippen LogP contribution is -2.41. The number of thiazole rings is 1. The van der Waals surface area contributed by atoms with E-state index in [1.54, 1.807) is 14.2 Å². The lowest BCUT2D eigenvalue weighted by atomic mass is 9.92. The fourth-order valence-corrected chi connectivity index (χ4v) is 4.83. The fraction of sp³-hybridized carbons (Fsp3) is 0.455. The number of nitrogens with one attached hydrogen (secondary N) is 1. The van der Waals surface area contributed by atoms with E-state index in [9.17, 15) is 5.11 Å². The van der Waals surface area contributed by atoms with Crippen LogP contribution in [-0.4, -0.2) is 73.7 Å². The third kappa shape index (κ3) is 4.60. The quantitative estimate of drug-likeness (QED) is 0.659. The molecule has 30 heavy (non-hydrogen) atoms. The highest BCUT2D eigenvalue weighted by Gasteiger charge is 2.34. The standard InChI is InChI=1S/C22H30N4O3S/c1-22(2,12-25(3)4)13-26-10-16(27)19(20(26)23)21-24-15(11-30-21)14-7-8-17(28-5)18(9-14)29-6/h7-9,11,23,27H,10,12-13H2,1-6H3. The van der Waals surface area contributed by atoms with Crippen molar-refractivity contribution in [1.82, 2.24) is 14.8 Å². The molecule has 0 fully saturated rings. The van der Waals surface area contributed by atoms with Gasteiger partial charge in [0.15, 0.2) is 11.5 Å². The second kappa shape index (κ2) is 8.65. The molecule has 1 aromatic carbocycles. The zero-order valence-electron chi connectivity index (χ0n) is 18.4. The molecule has 0 radical (unpaired) electrons. The smallest absolute Gasteiger partial charge is 0.161 e. The number of aliphatic hydroxyl groups is 1. The van der Waals surface area contributed by atoms with Crippen LogP contribution in [0.5, 0.6) is 11.5 Å². The Balaban J connectivity index is 1.81. The Labute approximate surface area is 182 Å². The van der Waals surface area contributed by atoms with Crippen molar-refractivity contribution in [2.75, 3.05) is 47.9 Å². The monoisotopic (exact) mass is 430 g/mol. The van der Waals surface area contributed by atoms with Gasteiger partial charge in [-0.15, -0.1) is 11.3 Å². The number of rotatable bonds is 8. The van der Waals surface area contributed by atoms with Crippen LogP contribution in [0.25, 0.3) is 16.8 Å². The molecular formula is C22H30N4O3S. The second-order valence-corrected chi connectivity index (χ2v) is 9.39. The van der Waals surface area contributed by atoms with Crippen molar-refractivity contribution in [3.63, 3.8) is 0 Å². The minimum atomic E-state index is -0.0147. The topological polar surface area (TPSA) is 81.9 Å². The molecule has 8 heteroatoms. The van der Waals surface area contributed by atoms with Gasteiger partial charge in [-0.25, -0.2) is 4.98 Å². The fourth-order valence-electron chi connectivity index (χ4n) is 3.93. The summed E-state index contributed by atoms with van der Waals surface area (Å²) in [6.07, 6.45) is 0. The zero-order valence-corrected chi connectivity index (χ0v) is 19.3. The van der Waals surface area contributed by atoms with E-state index in [4.69, 9.17) is 19.9 Å². The summed E-state index contributed by atoms with van der Waals surface area (Å²) in [6, 6.07) is 5.64. The summed E-state index contributed by atoms with van der Waals surface area (Å²) in [5, 5.41) is 21.8. The van der Waals surface area contributed by atoms with E-state index in [0.717, 1.165) is 17.8 Å². The lowest BCUT2D eigenvalue weighted by molar-refractivity contribution is 0.190. The van der Waals surface area contributed by atoms with Gasteiger partial charge >= 0.3 is 0 Å². The van der Waals surface area contributed by atoms with E-state index in [1.165, 1.54) is 11.3 Å². The highest BCUT2D eigenvalue weighted by Crippen LogP contribution is 2.36. The molecule has 7 nitrogen and oxygen atoms in total. The summed E-state index contributed by atoms with van der Waals surface area (Å²) in [6.45, 7) is 6.27. The van der Waals surface area contributed by atoms with Crippen molar-refractivity contribution < 1.29 is 14.6 Å². The van der Waals surface area contributed by atoms with Crippen LogP contribution >= 0.6 is 11.3 Å². The maximum Gasteiger partial charge on any atom is 0.161 e. The molecule has 2 aromatic rings. The van der Waals surface area contributed by atoms with E-state index in [-0.39, 0.29) is 11.2 Å². The predicted octanol–water partition coefficient (Wildman–Crippen LogP) is 3.98. The largest absolute Gasteiger partial charge is 0.510 e. The molecule has 0 aliphatic carbocycles. The Kier molecular flexibility index (Phi) is 6.38. The summed E-state index contributed by atoms with van der Waals surface area (Å²) in [5.74, 6) is 1.82. The van der Waals surface area contributed by atoms with Crippen LogP contribution < -0.4 is 9.47 Å². The average molecular weight is 431 g/mol. The highest BCUT2D eigenvalue weighted by atomic mass is 32.1. The van der Waals surface area contributed by atoms with E-state index in [1.807, 2.05) is 42.6 Å². The van der Waals surface area contributed by atoms with E-state index < -0.39 is 0 Å². The normalized spacial score (nSPS) is 14.8. The van der Waals surface area contributed by atoms with Crippen molar-refractivity contribution in [1.29, 1.82) is 5.41 Å². The van der Waals surface area contributed by atoms with Crippen LogP contribution in [0.15, 0.2) is 29.3 Å². The molecule has 162 valence electrons. The maximum absolute atomic E-state index is 10.6. The second-order valence-electron chi connectivity index (χ2n) is 8.54. The molecular weight excluding hydrogens is 400 g/mol. The van der Waals surface area contributed by atoms with Crippen LogP contribution in [0, 0.1) is 10.8 Å². The van der Waals surface area contributed by atoms with E-state index in [0.29, 0.717) is 41.0 Å². The van der Waals surface area contributed by atoms with Crippen LogP contribution in [0.4, 0.5) is 0 Å². The Morgan fingerprint density at radius 2 is 1.93 bits per heavy atom. The van der Waals surface area contributed by atoms with Crippen molar-refractivity contribution in [3.8, 4) is 22.8 Å². The zero-order chi connectivity index (χ0) is 22.1. The van der Waals surface area contributed by atoms with Gasteiger partial charge in [-0.1, -0.05) is 13.8 Å². The molecule has 0 unspecified atom stereocenters. The maximum atomic E-state index is 10.6. The molecule has 0 saturated heterocycles. The number of hydrogen-bond acceptors (Lipinski definition) is 7. The molecule has 1 aromatic heterocycles. The average Bonchev–Trinajstić information content (AvgIpc) is 3.24. The minimum Gasteiger partial charge on any atom is -0.510 e. The first-order valence-corrected chi connectivity index (χ1v) is 10.6. The van der Waals surface area contributed by atoms with Gasteiger partial charge in [0.2, 0.25) is 0 Å². The Morgan fingerprint density at radius 1 is 1.23 bits per heavy atom. The highest BCUT2D eigenvalue weighted by molar-refractivity contribution is 7.11. The number of hydrogen-bond donors (Lipinski definition) is 2. The lowest BCUT2D eigenvalue weighted by Gasteiger charge is -2.33. The van der Waals surface area contributed by atoms with Gasteiger partial charge in [-0.2, -0.15) is 0 Å². The number of aromatic nitrogens is 1. The molecule has 1 aliphatic rings. The van der Waals surface area contributed by atoms with Crippen molar-refractivity contribution in [3.05, 3.63) is 34.3 Å². The predicted molar refractivity (Wildman–Crippen MR) is 122 cm³/mol. The molecule has 0 spiro atoms. The third-order valence-corrected chi connectivity index (χ3v) is 5.80. The number of nitrogens with zero attached hydrogens (tertiary/aromatic N) is 3. The van der Waals surface area contributed by atoms with Gasteiger partial charge in [0, 0.05) is 24.0 Å². The van der Waals surface area contributed by atoms with Gasteiger partial charge in [-0.3, -0.25) is 5.41 Å². The Bertz CT molecular complexity index is 965. The molecule has 0 saturated carbocycles. The summed E-state index contributed by atoms with van der Waals surface area (Å²) in [4.78, 5) is 8.77. The van der Waals surface area contributed by atoms with Gasteiger partial charge in [-0.05, 0) is 37.7 Å². The van der Waals surface area contributed by atoms with E-state index in [2.05, 4.69) is 18.7 Å². The molecule has 0 bridgehead atoms. The number of benzene rings is 1. The summed E-state index contributed by atoms with van der Waals surface area (Å²) >= 11 is 1.43. The van der Waals surface area contributed by atoms with Crippen LogP contribution in [-0.2, 0) is 0 Å². The molecule has 2 N–H and O–H groups in total. The van der Waals surface area contributed by atoms with Gasteiger partial charge < -0.3 is 24.4 Å². The molecule has 3 rings (SSSR count). The SMILES string of the molecule is COc1ccc(-c2csc(C3=C(O)CN(CC(C)(C)CN(C)C)C3=N)n2)cc1OC. The van der Waals surface area contributed by atoms with Crippen molar-refractivity contribution in [2.24, 2.45) is 5.41 Å². The first kappa shape index (κ1) is 22.1. The summed E-state index contributed by atoms with van der Waals surface area (Å²) < 4.78 is 10.7. The number of amidine groups is 1. The van der Waals surface area contributed by atoms with Gasteiger partial charge in [0.25, 0.3) is 0 Å². The molecule has 0 atom stereocenters. The van der Waals surface area contributed by atoms with Crippen molar-refractivity contribution >= 4 is 22.7 Å². The van der Waals surface area contributed by atoms with Gasteiger partial charge in [0.05, 0.1) is 32.0 Å². The summed E-state index contributed by atoms with van der Waals surface area (Å²) in [5.41, 5.74) is 2.17. The van der Waals surface area contributed by atoms with Crippen LogP contribution in [0.3, 0.4) is 0 Å². The first-order valence-electron chi connectivity index (χ1n) is 9.74. The number of aliphatic hydroxyl groups excluding tert-OH is 1. The Morgan fingerprint density at radius 3 is 2.57 bits per heavy atom. The van der Waals surface area contributed by atoms with E-state index >= 15 is 0 Å². The molecule has 0 amide bonds. The van der Waals surface area contributed by atoms with Crippen LogP contribution in [0.2, 0.25) is 0 Å². The summed E-state index contributed by atoms with van der Waals surface area (Å²) in [7, 11) is 7.29. The van der Waals surface area contributed by atoms with Crippen LogP contribution in [0.1, 0.15) is 18.9 Å². The molecule has 1 aliphatic heterocycles. The first-order chi connectivity index (χ1) is 14.1. The Hall–Kier alpha value is -2.58. The van der Waals surface area contributed by atoms with Gasteiger partial charge in [0.1, 0.15) is 16.6 Å². The third-order valence-electron chi connectivity index (χ3n) is 4.94.